The lowest BCUT2D eigenvalue weighted by Gasteiger charge is -2.48. The van der Waals surface area contributed by atoms with Crippen LogP contribution in [-0.4, -0.2) is 29.6 Å². The van der Waals surface area contributed by atoms with Gasteiger partial charge in [0.15, 0.2) is 0 Å². The van der Waals surface area contributed by atoms with Crippen LogP contribution in [0.2, 0.25) is 0 Å². The number of nitrogens with one attached hydrogen (secondary N) is 1. The number of rotatable bonds is 5. The monoisotopic (exact) mass is 350 g/mol. The number of halogens is 1. The molecular formula is C18H27BrN2. The predicted molar refractivity (Wildman–Crippen MR) is 92.4 cm³/mol. The highest BCUT2D eigenvalue weighted by molar-refractivity contribution is 9.10. The summed E-state index contributed by atoms with van der Waals surface area (Å²) in [7, 11) is 0. The molecule has 1 saturated heterocycles. The van der Waals surface area contributed by atoms with Crippen LogP contribution in [0.1, 0.15) is 45.1 Å². The lowest BCUT2D eigenvalue weighted by molar-refractivity contribution is 0.0557. The van der Waals surface area contributed by atoms with Crippen molar-refractivity contribution in [2.75, 3.05) is 13.1 Å². The predicted octanol–water partition coefficient (Wildman–Crippen LogP) is 4.19. The Morgan fingerprint density at radius 1 is 1.29 bits per heavy atom. The van der Waals surface area contributed by atoms with E-state index in [0.29, 0.717) is 5.54 Å². The molecule has 1 unspecified atom stereocenters. The van der Waals surface area contributed by atoms with E-state index in [1.807, 2.05) is 0 Å². The van der Waals surface area contributed by atoms with Gasteiger partial charge in [-0.2, -0.15) is 0 Å². The molecule has 0 radical (unpaired) electrons. The summed E-state index contributed by atoms with van der Waals surface area (Å²) < 4.78 is 1.19. The van der Waals surface area contributed by atoms with E-state index in [-0.39, 0.29) is 0 Å². The molecule has 1 aliphatic carbocycles. The zero-order valence-electron chi connectivity index (χ0n) is 13.2. The number of hydrogen-bond donors (Lipinski definition) is 1. The molecule has 2 aliphatic rings. The molecule has 0 bridgehead atoms. The van der Waals surface area contributed by atoms with Crippen molar-refractivity contribution in [1.82, 2.24) is 10.2 Å². The summed E-state index contributed by atoms with van der Waals surface area (Å²) >= 11 is 3.60. The molecule has 116 valence electrons. The van der Waals surface area contributed by atoms with E-state index in [0.717, 1.165) is 18.5 Å². The zero-order valence-corrected chi connectivity index (χ0v) is 14.8. The smallest absolute Gasteiger partial charge is 0.0304 e. The second-order valence-corrected chi connectivity index (χ2v) is 7.72. The van der Waals surface area contributed by atoms with Crippen molar-refractivity contribution in [3.8, 4) is 0 Å². The minimum atomic E-state index is 0.317. The SMILES string of the molecule is CCC1(CC)CN(Cc2cccc(Br)c2)C(C2CC2)CN1. The van der Waals surface area contributed by atoms with Crippen LogP contribution in [-0.2, 0) is 6.54 Å². The van der Waals surface area contributed by atoms with E-state index in [1.54, 1.807) is 0 Å². The normalized spacial score (nSPS) is 26.0. The van der Waals surface area contributed by atoms with Gasteiger partial charge in [-0.1, -0.05) is 41.9 Å². The Balaban J connectivity index is 1.77. The van der Waals surface area contributed by atoms with Gasteiger partial charge in [-0.3, -0.25) is 4.90 Å². The van der Waals surface area contributed by atoms with Crippen LogP contribution in [0.15, 0.2) is 28.7 Å². The Bertz CT molecular complexity index is 480. The van der Waals surface area contributed by atoms with Crippen molar-refractivity contribution in [3.05, 3.63) is 34.3 Å². The number of benzene rings is 1. The summed E-state index contributed by atoms with van der Waals surface area (Å²) in [6.07, 6.45) is 5.28. The highest BCUT2D eigenvalue weighted by Gasteiger charge is 2.42. The first kappa shape index (κ1) is 15.5. The average molecular weight is 351 g/mol. The van der Waals surface area contributed by atoms with E-state index in [4.69, 9.17) is 0 Å². The molecule has 1 atom stereocenters. The average Bonchev–Trinajstić information content (AvgIpc) is 3.32. The summed E-state index contributed by atoms with van der Waals surface area (Å²) in [5.74, 6) is 0.927. The van der Waals surface area contributed by atoms with Gasteiger partial charge in [0, 0.05) is 35.7 Å². The molecule has 0 spiro atoms. The summed E-state index contributed by atoms with van der Waals surface area (Å²) in [5, 5.41) is 3.88. The molecule has 3 rings (SSSR count). The Labute approximate surface area is 137 Å². The molecule has 2 fully saturated rings. The van der Waals surface area contributed by atoms with Gasteiger partial charge in [-0.15, -0.1) is 0 Å². The van der Waals surface area contributed by atoms with Gasteiger partial charge in [0.1, 0.15) is 0 Å². The van der Waals surface area contributed by atoms with Crippen molar-refractivity contribution >= 4 is 15.9 Å². The molecule has 21 heavy (non-hydrogen) atoms. The highest BCUT2D eigenvalue weighted by atomic mass is 79.9. The van der Waals surface area contributed by atoms with Gasteiger partial charge >= 0.3 is 0 Å². The van der Waals surface area contributed by atoms with Crippen LogP contribution in [0.25, 0.3) is 0 Å². The number of piperazine rings is 1. The topological polar surface area (TPSA) is 15.3 Å². The molecule has 1 aromatic rings. The summed E-state index contributed by atoms with van der Waals surface area (Å²) in [5.41, 5.74) is 1.75. The van der Waals surface area contributed by atoms with E-state index < -0.39 is 0 Å². The minimum absolute atomic E-state index is 0.317. The van der Waals surface area contributed by atoms with Crippen LogP contribution >= 0.6 is 15.9 Å². The number of nitrogens with zero attached hydrogens (tertiary/aromatic N) is 1. The maximum Gasteiger partial charge on any atom is 0.0304 e. The molecule has 1 aliphatic heterocycles. The van der Waals surface area contributed by atoms with E-state index >= 15 is 0 Å². The molecule has 1 aromatic carbocycles. The molecule has 0 amide bonds. The van der Waals surface area contributed by atoms with Gasteiger partial charge in [-0.05, 0) is 49.3 Å². The van der Waals surface area contributed by atoms with Crippen molar-refractivity contribution in [3.63, 3.8) is 0 Å². The molecular weight excluding hydrogens is 324 g/mol. The van der Waals surface area contributed by atoms with Crippen molar-refractivity contribution < 1.29 is 0 Å². The summed E-state index contributed by atoms with van der Waals surface area (Å²) in [6.45, 7) is 8.09. The van der Waals surface area contributed by atoms with Gasteiger partial charge < -0.3 is 5.32 Å². The van der Waals surface area contributed by atoms with Gasteiger partial charge in [0.2, 0.25) is 0 Å². The lowest BCUT2D eigenvalue weighted by Crippen LogP contribution is -2.64. The minimum Gasteiger partial charge on any atom is -0.308 e. The Morgan fingerprint density at radius 3 is 2.67 bits per heavy atom. The fourth-order valence-electron chi connectivity index (χ4n) is 3.72. The third-order valence-corrected chi connectivity index (χ3v) is 5.95. The van der Waals surface area contributed by atoms with Crippen molar-refractivity contribution in [2.45, 2.75) is 57.7 Å². The Hall–Kier alpha value is -0.380. The second kappa shape index (κ2) is 6.39. The van der Waals surface area contributed by atoms with Crippen LogP contribution in [0.5, 0.6) is 0 Å². The second-order valence-electron chi connectivity index (χ2n) is 6.81. The lowest BCUT2D eigenvalue weighted by atomic mass is 9.87. The summed E-state index contributed by atoms with van der Waals surface area (Å²) in [6, 6.07) is 9.53. The van der Waals surface area contributed by atoms with Crippen LogP contribution < -0.4 is 5.32 Å². The van der Waals surface area contributed by atoms with E-state index in [1.165, 1.54) is 48.8 Å². The fourth-order valence-corrected chi connectivity index (χ4v) is 4.17. The Morgan fingerprint density at radius 2 is 2.05 bits per heavy atom. The highest BCUT2D eigenvalue weighted by Crippen LogP contribution is 2.38. The molecule has 1 saturated carbocycles. The molecule has 2 nitrogen and oxygen atoms in total. The quantitative estimate of drug-likeness (QED) is 0.856. The van der Waals surface area contributed by atoms with Gasteiger partial charge in [-0.25, -0.2) is 0 Å². The fraction of sp³-hybridized carbons (Fsp3) is 0.667. The zero-order chi connectivity index (χ0) is 14.9. The van der Waals surface area contributed by atoms with Gasteiger partial charge in [0.05, 0.1) is 0 Å². The maximum atomic E-state index is 3.88. The van der Waals surface area contributed by atoms with Crippen LogP contribution in [0.4, 0.5) is 0 Å². The van der Waals surface area contributed by atoms with Crippen LogP contribution in [0.3, 0.4) is 0 Å². The third kappa shape index (κ3) is 3.52. The molecule has 1 N–H and O–H groups in total. The standard InChI is InChI=1S/C18H27BrN2/c1-3-18(4-2)13-21(17(11-20-18)15-8-9-15)12-14-6-5-7-16(19)10-14/h5-7,10,15,17,20H,3-4,8-9,11-13H2,1-2H3. The first-order valence-electron chi connectivity index (χ1n) is 8.39. The van der Waals surface area contributed by atoms with E-state index in [9.17, 15) is 0 Å². The summed E-state index contributed by atoms with van der Waals surface area (Å²) in [4.78, 5) is 2.75. The van der Waals surface area contributed by atoms with Crippen LogP contribution in [0, 0.1) is 5.92 Å². The molecule has 3 heteroatoms. The first-order valence-corrected chi connectivity index (χ1v) is 9.18. The maximum absolute atomic E-state index is 3.88. The van der Waals surface area contributed by atoms with E-state index in [2.05, 4.69) is 64.3 Å². The third-order valence-electron chi connectivity index (χ3n) is 5.46. The van der Waals surface area contributed by atoms with Crippen molar-refractivity contribution in [2.24, 2.45) is 5.92 Å². The number of hydrogen-bond acceptors (Lipinski definition) is 2. The Kier molecular flexibility index (Phi) is 4.72. The van der Waals surface area contributed by atoms with Gasteiger partial charge in [0.25, 0.3) is 0 Å². The molecule has 1 heterocycles. The molecule has 0 aromatic heterocycles. The van der Waals surface area contributed by atoms with Crippen molar-refractivity contribution in [1.29, 1.82) is 0 Å². The largest absolute Gasteiger partial charge is 0.308 e. The first-order chi connectivity index (χ1) is 10.2.